The molecular weight excluding hydrogens is 553 g/mol. The molecule has 42 heavy (non-hydrogen) atoms. The third-order valence-electron chi connectivity index (χ3n) is 14.1. The topological polar surface area (TPSA) is 36.9 Å². The van der Waals surface area contributed by atoms with Crippen molar-refractivity contribution in [3.8, 4) is 0 Å². The van der Waals surface area contributed by atoms with Crippen LogP contribution in [-0.2, 0) is 18.3 Å². The summed E-state index contributed by atoms with van der Waals surface area (Å²) < 4.78 is 28.8. The second-order valence-electron chi connectivity index (χ2n) is 19.1. The highest BCUT2D eigenvalue weighted by atomic mass is 28.4. The van der Waals surface area contributed by atoms with Crippen LogP contribution in [0.3, 0.4) is 0 Å². The summed E-state index contributed by atoms with van der Waals surface area (Å²) in [5.41, 5.74) is 1.98. The highest BCUT2D eigenvalue weighted by molar-refractivity contribution is 6.74. The Morgan fingerprint density at radius 3 is 1.95 bits per heavy atom. The third kappa shape index (κ3) is 5.22. The van der Waals surface area contributed by atoms with Crippen LogP contribution < -0.4 is 0 Å². The van der Waals surface area contributed by atoms with Crippen molar-refractivity contribution in [2.45, 2.75) is 181 Å². The van der Waals surface area contributed by atoms with E-state index in [-0.39, 0.29) is 39.2 Å². The summed E-state index contributed by atoms with van der Waals surface area (Å²) in [6, 6.07) is 0. The highest BCUT2D eigenvalue weighted by Crippen LogP contribution is 2.70. The number of fused-ring (bicyclic) bond motifs is 8. The van der Waals surface area contributed by atoms with Gasteiger partial charge in [0.2, 0.25) is 0 Å². The van der Waals surface area contributed by atoms with Gasteiger partial charge in [0.1, 0.15) is 0 Å². The molecule has 5 rings (SSSR count). The van der Waals surface area contributed by atoms with Gasteiger partial charge >= 0.3 is 0 Å². The molecular formula is C36H66O4Si2. The molecule has 4 nitrogen and oxygen atoms in total. The van der Waals surface area contributed by atoms with Crippen LogP contribution in [-0.4, -0.2) is 46.8 Å². The Morgan fingerprint density at radius 1 is 0.810 bits per heavy atom. The zero-order valence-corrected chi connectivity index (χ0v) is 32.1. The first-order chi connectivity index (χ1) is 19.0. The van der Waals surface area contributed by atoms with Gasteiger partial charge in [-0.05, 0) is 130 Å². The smallest absolute Gasteiger partial charge is 0.192 e. The van der Waals surface area contributed by atoms with Gasteiger partial charge in [0, 0.05) is 12.2 Å². The molecule has 0 spiro atoms. The lowest BCUT2D eigenvalue weighted by Gasteiger charge is -2.66. The van der Waals surface area contributed by atoms with Crippen LogP contribution in [0.15, 0.2) is 11.6 Å². The summed E-state index contributed by atoms with van der Waals surface area (Å²) >= 11 is 0. The quantitative estimate of drug-likeness (QED) is 0.232. The lowest BCUT2D eigenvalue weighted by Crippen LogP contribution is -2.68. The van der Waals surface area contributed by atoms with Gasteiger partial charge in [-0.25, -0.2) is 0 Å². The minimum absolute atomic E-state index is 0.126. The summed E-state index contributed by atoms with van der Waals surface area (Å²) in [5.74, 6) is 1.44. The van der Waals surface area contributed by atoms with Crippen LogP contribution in [0.4, 0.5) is 0 Å². The van der Waals surface area contributed by atoms with E-state index in [4.69, 9.17) is 18.3 Å². The minimum atomic E-state index is -2.01. The van der Waals surface area contributed by atoms with Crippen molar-refractivity contribution in [1.82, 2.24) is 0 Å². The first kappa shape index (κ1) is 33.4. The van der Waals surface area contributed by atoms with Gasteiger partial charge in [-0.1, -0.05) is 67.0 Å². The van der Waals surface area contributed by atoms with Crippen molar-refractivity contribution in [1.29, 1.82) is 0 Å². The van der Waals surface area contributed by atoms with E-state index < -0.39 is 22.4 Å². The van der Waals surface area contributed by atoms with E-state index in [1.165, 1.54) is 19.3 Å². The molecule has 1 saturated heterocycles. The third-order valence-corrected chi connectivity index (χ3v) is 23.2. The van der Waals surface area contributed by atoms with Gasteiger partial charge in [0.15, 0.2) is 22.4 Å². The van der Waals surface area contributed by atoms with Gasteiger partial charge < -0.3 is 18.3 Å². The number of hydrogen-bond acceptors (Lipinski definition) is 4. The molecule has 0 aromatic heterocycles. The van der Waals surface area contributed by atoms with Crippen LogP contribution >= 0.6 is 0 Å². The first-order valence-corrected chi connectivity index (χ1v) is 23.2. The number of rotatable bonds is 4. The molecule has 242 valence electrons. The van der Waals surface area contributed by atoms with E-state index in [2.05, 4.69) is 108 Å². The van der Waals surface area contributed by atoms with Crippen LogP contribution in [0.5, 0.6) is 0 Å². The second-order valence-corrected chi connectivity index (χ2v) is 28.6. The van der Waals surface area contributed by atoms with Crippen LogP contribution in [0.1, 0.15) is 115 Å². The summed E-state index contributed by atoms with van der Waals surface area (Å²) in [6.45, 7) is 35.9. The lowest BCUT2D eigenvalue weighted by molar-refractivity contribution is -0.213. The minimum Gasteiger partial charge on any atom is -0.414 e. The van der Waals surface area contributed by atoms with Crippen molar-refractivity contribution >= 4 is 16.6 Å². The molecule has 0 unspecified atom stereocenters. The van der Waals surface area contributed by atoms with Crippen molar-refractivity contribution in [3.63, 3.8) is 0 Å². The number of allylic oxidation sites excluding steroid dienone is 2. The largest absolute Gasteiger partial charge is 0.414 e. The molecule has 4 saturated carbocycles. The Kier molecular flexibility index (Phi) is 8.15. The van der Waals surface area contributed by atoms with E-state index in [0.29, 0.717) is 29.8 Å². The molecule has 10 atom stereocenters. The predicted octanol–water partition coefficient (Wildman–Crippen LogP) is 10.1. The molecule has 0 N–H and O–H groups in total. The van der Waals surface area contributed by atoms with E-state index in [0.717, 1.165) is 19.3 Å². The summed E-state index contributed by atoms with van der Waals surface area (Å²) in [6.07, 6.45) is 10.3. The van der Waals surface area contributed by atoms with E-state index in [1.807, 2.05) is 0 Å². The Bertz CT molecular complexity index is 1070. The molecule has 6 heteroatoms. The standard InChI is InChI=1S/C36H66O4Si2/c1-16-23-17-18-25-28-29(27(22-36(23,25)11)40-42(14,15)33(5,6)7)35(10)20-19-24(39-41(12,13)32(2,3)4)21-26(35)30-31(28)38-34(8,9)37-30/h16,24-31H,17-22H2,1-15H3/b23-16-/t24-,25-,26+,27-,28-,29-,30+,31+,35-,36+/m0/s1. The second kappa shape index (κ2) is 10.3. The molecule has 0 amide bonds. The Morgan fingerprint density at radius 2 is 1.38 bits per heavy atom. The van der Waals surface area contributed by atoms with Gasteiger partial charge in [0.05, 0.1) is 12.2 Å². The number of ether oxygens (including phenoxy) is 2. The van der Waals surface area contributed by atoms with Crippen LogP contribution in [0, 0.1) is 34.5 Å². The fourth-order valence-corrected chi connectivity index (χ4v) is 12.7. The van der Waals surface area contributed by atoms with Crippen molar-refractivity contribution in [2.24, 2.45) is 34.5 Å². The summed E-state index contributed by atoms with van der Waals surface area (Å²) in [5, 5.41) is 0.395. The van der Waals surface area contributed by atoms with Crippen LogP contribution in [0.2, 0.25) is 36.3 Å². The van der Waals surface area contributed by atoms with E-state index in [9.17, 15) is 0 Å². The Hall–Kier alpha value is 0.0138. The van der Waals surface area contributed by atoms with Gasteiger partial charge in [-0.15, -0.1) is 0 Å². The Balaban J connectivity index is 1.59. The maximum atomic E-state index is 7.64. The fourth-order valence-electron chi connectivity index (χ4n) is 9.92. The Labute approximate surface area is 261 Å². The van der Waals surface area contributed by atoms with E-state index >= 15 is 0 Å². The fraction of sp³-hybridized carbons (Fsp3) is 0.944. The molecule has 0 aromatic carbocycles. The van der Waals surface area contributed by atoms with E-state index in [1.54, 1.807) is 5.57 Å². The molecule has 5 aliphatic rings. The molecule has 4 aliphatic carbocycles. The van der Waals surface area contributed by atoms with Gasteiger partial charge in [-0.3, -0.25) is 0 Å². The average Bonchev–Trinajstić information content (AvgIpc) is 3.32. The molecule has 0 radical (unpaired) electrons. The monoisotopic (exact) mass is 618 g/mol. The van der Waals surface area contributed by atoms with Crippen molar-refractivity contribution in [3.05, 3.63) is 11.6 Å². The molecule has 0 aromatic rings. The maximum Gasteiger partial charge on any atom is 0.192 e. The lowest BCUT2D eigenvalue weighted by atomic mass is 9.43. The SMILES string of the molecule is C/C=C1/CC[C@H]2[C@@H]3[C@H]4OC(C)(C)O[C@@H]4[C@H]4C[C@@H](O[Si](C)(C)C(C)(C)C)CC[C@]4(C)[C@H]3[C@@H](O[Si](C)(C)C(C)(C)C)C[C@]12C. The van der Waals surface area contributed by atoms with Gasteiger partial charge in [0.25, 0.3) is 0 Å². The van der Waals surface area contributed by atoms with Crippen LogP contribution in [0.25, 0.3) is 0 Å². The molecule has 0 bridgehead atoms. The zero-order chi connectivity index (χ0) is 31.5. The zero-order valence-electron chi connectivity index (χ0n) is 30.1. The first-order valence-electron chi connectivity index (χ1n) is 17.3. The summed E-state index contributed by atoms with van der Waals surface area (Å²) in [4.78, 5) is 0. The molecule has 1 heterocycles. The van der Waals surface area contributed by atoms with Gasteiger partial charge in [-0.2, -0.15) is 0 Å². The van der Waals surface area contributed by atoms with Crippen molar-refractivity contribution in [2.75, 3.05) is 0 Å². The average molecular weight is 619 g/mol. The summed E-state index contributed by atoms with van der Waals surface area (Å²) in [7, 11) is -3.88. The molecule has 5 fully saturated rings. The predicted molar refractivity (Wildman–Crippen MR) is 180 cm³/mol. The van der Waals surface area contributed by atoms with Crippen molar-refractivity contribution < 1.29 is 18.3 Å². The highest BCUT2D eigenvalue weighted by Gasteiger charge is 2.71. The molecule has 1 aliphatic heterocycles. The number of hydrogen-bond donors (Lipinski definition) is 0. The normalized spacial score (nSPS) is 44.9. The maximum absolute atomic E-state index is 7.64.